The molecule has 7 heteroatoms. The molecule has 7 nitrogen and oxygen atoms in total. The van der Waals surface area contributed by atoms with Crippen LogP contribution in [0, 0.1) is 6.92 Å². The van der Waals surface area contributed by atoms with Crippen LogP contribution in [0.15, 0.2) is 45.4 Å². The zero-order valence-corrected chi connectivity index (χ0v) is 14.3. The van der Waals surface area contributed by atoms with Gasteiger partial charge in [0.2, 0.25) is 5.76 Å². The van der Waals surface area contributed by atoms with Crippen molar-refractivity contribution in [3.63, 3.8) is 0 Å². The molecule has 0 aliphatic heterocycles. The monoisotopic (exact) mass is 352 g/mol. The van der Waals surface area contributed by atoms with E-state index in [4.69, 9.17) is 18.5 Å². The van der Waals surface area contributed by atoms with E-state index in [0.29, 0.717) is 34.5 Å². The van der Waals surface area contributed by atoms with E-state index in [2.05, 4.69) is 10.3 Å². The number of ether oxygens (including phenoxy) is 2. The highest BCUT2D eigenvalue weighted by molar-refractivity contribution is 5.98. The summed E-state index contributed by atoms with van der Waals surface area (Å²) in [6, 6.07) is 11.0. The largest absolute Gasteiger partial charge is 0.488 e. The van der Waals surface area contributed by atoms with Crippen molar-refractivity contribution in [3.8, 4) is 5.75 Å². The van der Waals surface area contributed by atoms with Crippen molar-refractivity contribution in [3.05, 3.63) is 53.3 Å². The van der Waals surface area contributed by atoms with Gasteiger partial charge in [-0.2, -0.15) is 0 Å². The van der Waals surface area contributed by atoms with Crippen LogP contribution >= 0.6 is 0 Å². The van der Waals surface area contributed by atoms with E-state index < -0.39 is 5.97 Å². The van der Waals surface area contributed by atoms with Gasteiger partial charge < -0.3 is 13.9 Å². The fourth-order valence-electron chi connectivity index (χ4n) is 2.86. The number of rotatable bonds is 5. The second kappa shape index (κ2) is 6.51. The van der Waals surface area contributed by atoms with E-state index in [1.165, 1.54) is 0 Å². The molecule has 132 valence electrons. The Bertz CT molecular complexity index is 1100. The summed E-state index contributed by atoms with van der Waals surface area (Å²) in [5, 5.41) is 8.38. The van der Waals surface area contributed by atoms with Gasteiger partial charge in [-0.25, -0.2) is 9.42 Å². The van der Waals surface area contributed by atoms with Gasteiger partial charge in [0.1, 0.15) is 29.0 Å². The standard InChI is InChI=1S/C19H16N2O5/c1-3-23-19(22)18-11(2)17-15(5-4-6-16(17)25-18)24-10-12-7-8-13-14(9-12)21-26-20-13/h4-9H,3,10H2,1-2H3. The number of fused-ring (bicyclic) bond motifs is 2. The molecule has 2 heterocycles. The first kappa shape index (κ1) is 16.1. The van der Waals surface area contributed by atoms with Gasteiger partial charge in [0.25, 0.3) is 0 Å². The van der Waals surface area contributed by atoms with E-state index in [-0.39, 0.29) is 12.4 Å². The highest BCUT2D eigenvalue weighted by atomic mass is 16.6. The van der Waals surface area contributed by atoms with Gasteiger partial charge in [0.15, 0.2) is 0 Å². The van der Waals surface area contributed by atoms with Gasteiger partial charge in [0.05, 0.1) is 12.0 Å². The maximum Gasteiger partial charge on any atom is 0.374 e. The van der Waals surface area contributed by atoms with Crippen molar-refractivity contribution >= 4 is 28.0 Å². The lowest BCUT2D eigenvalue weighted by molar-refractivity contribution is 0.0491. The Hall–Kier alpha value is -3.35. The molecule has 4 aromatic rings. The molecule has 0 spiro atoms. The van der Waals surface area contributed by atoms with Crippen molar-refractivity contribution < 1.29 is 23.3 Å². The van der Waals surface area contributed by atoms with Crippen LogP contribution in [0.1, 0.15) is 28.6 Å². The fraction of sp³-hybridized carbons (Fsp3) is 0.211. The lowest BCUT2D eigenvalue weighted by Gasteiger charge is -2.07. The Labute approximate surface area is 148 Å². The second-order valence-corrected chi connectivity index (χ2v) is 5.78. The third kappa shape index (κ3) is 2.77. The molecule has 0 aliphatic rings. The van der Waals surface area contributed by atoms with E-state index in [1.807, 2.05) is 37.3 Å². The Morgan fingerprint density at radius 2 is 2.00 bits per heavy atom. The van der Waals surface area contributed by atoms with E-state index in [0.717, 1.165) is 10.9 Å². The third-order valence-corrected chi connectivity index (χ3v) is 4.09. The normalized spacial score (nSPS) is 11.2. The molecular formula is C19H16N2O5. The highest BCUT2D eigenvalue weighted by Gasteiger charge is 2.21. The molecule has 0 aliphatic carbocycles. The van der Waals surface area contributed by atoms with Crippen LogP contribution in [-0.4, -0.2) is 22.9 Å². The van der Waals surface area contributed by atoms with E-state index >= 15 is 0 Å². The lowest BCUT2D eigenvalue weighted by Crippen LogP contribution is -2.04. The Kier molecular flexibility index (Phi) is 4.04. The number of furan rings is 1. The molecule has 4 rings (SSSR count). The van der Waals surface area contributed by atoms with Crippen molar-refractivity contribution in [2.45, 2.75) is 20.5 Å². The summed E-state index contributed by atoms with van der Waals surface area (Å²) in [6.45, 7) is 4.20. The molecule has 0 N–H and O–H groups in total. The first-order chi connectivity index (χ1) is 12.7. The number of nitrogens with zero attached hydrogens (tertiary/aromatic N) is 2. The van der Waals surface area contributed by atoms with Crippen LogP contribution in [0.3, 0.4) is 0 Å². The van der Waals surface area contributed by atoms with Crippen molar-refractivity contribution in [1.82, 2.24) is 10.3 Å². The quantitative estimate of drug-likeness (QED) is 0.501. The Balaban J connectivity index is 1.64. The second-order valence-electron chi connectivity index (χ2n) is 5.78. The van der Waals surface area contributed by atoms with Crippen LogP contribution < -0.4 is 4.74 Å². The average Bonchev–Trinajstić information content (AvgIpc) is 3.24. The Morgan fingerprint density at radius 3 is 2.85 bits per heavy atom. The van der Waals surface area contributed by atoms with Gasteiger partial charge in [0, 0.05) is 5.56 Å². The lowest BCUT2D eigenvalue weighted by atomic mass is 10.1. The maximum absolute atomic E-state index is 12.0. The van der Waals surface area contributed by atoms with Crippen LogP contribution in [0.25, 0.3) is 22.0 Å². The van der Waals surface area contributed by atoms with Gasteiger partial charge in [-0.15, -0.1) is 0 Å². The SMILES string of the molecule is CCOC(=O)c1oc2cccc(OCc3ccc4nonc4c3)c2c1C. The zero-order chi connectivity index (χ0) is 18.1. The van der Waals surface area contributed by atoms with Gasteiger partial charge in [-0.3, -0.25) is 0 Å². The molecule has 0 saturated carbocycles. The fourth-order valence-corrected chi connectivity index (χ4v) is 2.86. The van der Waals surface area contributed by atoms with E-state index in [1.54, 1.807) is 13.0 Å². The number of aryl methyl sites for hydroxylation is 1. The smallest absolute Gasteiger partial charge is 0.374 e. The third-order valence-electron chi connectivity index (χ3n) is 4.09. The van der Waals surface area contributed by atoms with Crippen LogP contribution in [0.2, 0.25) is 0 Å². The van der Waals surface area contributed by atoms with E-state index in [9.17, 15) is 4.79 Å². The zero-order valence-electron chi connectivity index (χ0n) is 14.3. The summed E-state index contributed by atoms with van der Waals surface area (Å²) >= 11 is 0. The number of carbonyl (C=O) groups excluding carboxylic acids is 1. The molecular weight excluding hydrogens is 336 g/mol. The Morgan fingerprint density at radius 1 is 1.15 bits per heavy atom. The highest BCUT2D eigenvalue weighted by Crippen LogP contribution is 2.34. The topological polar surface area (TPSA) is 87.6 Å². The summed E-state index contributed by atoms with van der Waals surface area (Å²) in [6.07, 6.45) is 0. The van der Waals surface area contributed by atoms with Gasteiger partial charge >= 0.3 is 5.97 Å². The summed E-state index contributed by atoms with van der Waals surface area (Å²) in [5.41, 5.74) is 3.58. The van der Waals surface area contributed by atoms with Gasteiger partial charge in [-0.05, 0) is 54.0 Å². The predicted octanol–water partition coefficient (Wildman–Crippen LogP) is 4.03. The number of esters is 1. The number of hydrogen-bond acceptors (Lipinski definition) is 7. The predicted molar refractivity (Wildman–Crippen MR) is 93.0 cm³/mol. The first-order valence-corrected chi connectivity index (χ1v) is 8.20. The van der Waals surface area contributed by atoms with Crippen LogP contribution in [-0.2, 0) is 11.3 Å². The van der Waals surface area contributed by atoms with Crippen molar-refractivity contribution in [2.75, 3.05) is 6.61 Å². The minimum absolute atomic E-state index is 0.202. The van der Waals surface area contributed by atoms with Crippen molar-refractivity contribution in [2.24, 2.45) is 0 Å². The minimum Gasteiger partial charge on any atom is -0.488 e. The molecule has 0 atom stereocenters. The minimum atomic E-state index is -0.476. The summed E-state index contributed by atoms with van der Waals surface area (Å²) in [5.74, 6) is 0.363. The number of hydrogen-bond donors (Lipinski definition) is 0. The van der Waals surface area contributed by atoms with Gasteiger partial charge in [-0.1, -0.05) is 12.1 Å². The molecule has 0 amide bonds. The molecule has 0 unspecified atom stereocenters. The molecule has 0 fully saturated rings. The molecule has 2 aromatic carbocycles. The number of aromatic nitrogens is 2. The summed E-state index contributed by atoms with van der Waals surface area (Å²) in [7, 11) is 0. The first-order valence-electron chi connectivity index (χ1n) is 8.20. The van der Waals surface area contributed by atoms with Crippen LogP contribution in [0.5, 0.6) is 5.75 Å². The molecule has 0 radical (unpaired) electrons. The summed E-state index contributed by atoms with van der Waals surface area (Å²) in [4.78, 5) is 12.0. The maximum atomic E-state index is 12.0. The van der Waals surface area contributed by atoms with Crippen molar-refractivity contribution in [1.29, 1.82) is 0 Å². The molecule has 0 bridgehead atoms. The molecule has 0 saturated heterocycles. The van der Waals surface area contributed by atoms with Crippen LogP contribution in [0.4, 0.5) is 0 Å². The molecule has 2 aromatic heterocycles. The number of carbonyl (C=O) groups is 1. The number of benzene rings is 2. The summed E-state index contributed by atoms with van der Waals surface area (Å²) < 4.78 is 21.4. The molecule has 26 heavy (non-hydrogen) atoms. The average molecular weight is 352 g/mol.